The molecule has 0 aliphatic carbocycles. The minimum Gasteiger partial charge on any atom is -0.481 e. The molecule has 1 atom stereocenters. The normalized spacial score (nSPS) is 15.6. The third-order valence-electron chi connectivity index (χ3n) is 3.62. The van der Waals surface area contributed by atoms with Crippen molar-refractivity contribution >= 4 is 17.8 Å². The van der Waals surface area contributed by atoms with Gasteiger partial charge in [-0.05, 0) is 11.3 Å². The van der Waals surface area contributed by atoms with Gasteiger partial charge in [0.25, 0.3) is 0 Å². The number of imidazole rings is 1. The Bertz CT molecular complexity index is 600. The van der Waals surface area contributed by atoms with Crippen molar-refractivity contribution in [3.05, 3.63) is 22.6 Å². The van der Waals surface area contributed by atoms with Crippen molar-refractivity contribution < 1.29 is 29.5 Å². The van der Waals surface area contributed by atoms with Crippen LogP contribution in [-0.2, 0) is 20.9 Å². The zero-order chi connectivity index (χ0) is 19.5. The predicted molar refractivity (Wildman–Crippen MR) is 88.6 cm³/mol. The number of nitrogens with two attached hydrogens (primary N) is 1. The maximum absolute atomic E-state index is 10.6. The Kier molecular flexibility index (Phi) is 9.19. The first-order valence-electron chi connectivity index (χ1n) is 7.96. The fraction of sp³-hybridized carbons (Fsp3) is 0.643. The number of rotatable bonds is 8. The van der Waals surface area contributed by atoms with Crippen LogP contribution in [0.4, 0.5) is 5.82 Å². The number of nitrogens with zero attached hydrogens (tertiary/aromatic N) is 4. The molecule has 146 valence electrons. The minimum atomic E-state index is -1.17. The van der Waals surface area contributed by atoms with Crippen LogP contribution in [0, 0.1) is 10.1 Å². The number of hydrogen-bond donors (Lipinski definition) is 3. The lowest BCUT2D eigenvalue weighted by Gasteiger charge is -2.25. The van der Waals surface area contributed by atoms with Gasteiger partial charge in [0.05, 0.1) is 13.2 Å². The standard InChI is InChI=1S/C9H14N4O3.C5H9NO4/c14-13(15)9-7-10-8-12(9)2-1-11-3-5-16-6-4-11;6-3(5(9)10)1-2-4(7)8/h7-8H,1-6H2;3H,1-2,6H2,(H,7,8)(H,9,10). The molecular formula is C14H23N5O7. The zero-order valence-corrected chi connectivity index (χ0v) is 14.2. The molecule has 0 bridgehead atoms. The van der Waals surface area contributed by atoms with E-state index in [9.17, 15) is 19.7 Å². The van der Waals surface area contributed by atoms with E-state index in [-0.39, 0.29) is 18.7 Å². The summed E-state index contributed by atoms with van der Waals surface area (Å²) in [6, 6.07) is -1.06. The summed E-state index contributed by atoms with van der Waals surface area (Å²) < 4.78 is 6.79. The van der Waals surface area contributed by atoms with Gasteiger partial charge in [0.2, 0.25) is 0 Å². The van der Waals surface area contributed by atoms with Crippen LogP contribution in [0.1, 0.15) is 12.8 Å². The second-order valence-corrected chi connectivity index (χ2v) is 5.53. The van der Waals surface area contributed by atoms with Crippen molar-refractivity contribution in [3.8, 4) is 0 Å². The number of hydrogen-bond acceptors (Lipinski definition) is 8. The zero-order valence-electron chi connectivity index (χ0n) is 14.2. The molecule has 12 nitrogen and oxygen atoms in total. The average Bonchev–Trinajstić information content (AvgIpc) is 3.08. The van der Waals surface area contributed by atoms with Gasteiger partial charge in [0, 0.05) is 26.1 Å². The van der Waals surface area contributed by atoms with Gasteiger partial charge in [0.1, 0.15) is 18.8 Å². The van der Waals surface area contributed by atoms with E-state index in [1.54, 1.807) is 4.57 Å². The third kappa shape index (κ3) is 8.00. The maximum atomic E-state index is 10.6. The first-order valence-corrected chi connectivity index (χ1v) is 7.96. The number of nitro groups is 1. The van der Waals surface area contributed by atoms with Crippen LogP contribution >= 0.6 is 0 Å². The number of aromatic nitrogens is 2. The average molecular weight is 373 g/mol. The van der Waals surface area contributed by atoms with Crippen LogP contribution in [0.2, 0.25) is 0 Å². The third-order valence-corrected chi connectivity index (χ3v) is 3.62. The first kappa shape index (κ1) is 21.5. The molecule has 1 aromatic heterocycles. The Labute approximate surface area is 149 Å². The summed E-state index contributed by atoms with van der Waals surface area (Å²) in [5, 5.41) is 26.9. The Morgan fingerprint density at radius 3 is 2.54 bits per heavy atom. The molecule has 2 heterocycles. The van der Waals surface area contributed by atoms with Gasteiger partial charge in [-0.2, -0.15) is 0 Å². The van der Waals surface area contributed by atoms with Gasteiger partial charge in [0.15, 0.2) is 6.33 Å². The topological polar surface area (TPSA) is 174 Å². The number of carboxylic acids is 2. The van der Waals surface area contributed by atoms with Crippen LogP contribution in [0.15, 0.2) is 12.5 Å². The lowest BCUT2D eigenvalue weighted by atomic mass is 10.2. The summed E-state index contributed by atoms with van der Waals surface area (Å²) in [6.07, 6.45) is 2.55. The molecule has 4 N–H and O–H groups in total. The van der Waals surface area contributed by atoms with E-state index < -0.39 is 22.9 Å². The van der Waals surface area contributed by atoms with Gasteiger partial charge in [-0.3, -0.25) is 14.5 Å². The Balaban J connectivity index is 0.000000294. The molecule has 12 heteroatoms. The Morgan fingerprint density at radius 1 is 1.35 bits per heavy atom. The van der Waals surface area contributed by atoms with Crippen LogP contribution in [0.3, 0.4) is 0 Å². The number of aliphatic carboxylic acids is 2. The summed E-state index contributed by atoms with van der Waals surface area (Å²) in [7, 11) is 0. The quantitative estimate of drug-likeness (QED) is 0.393. The van der Waals surface area contributed by atoms with E-state index in [1.807, 2.05) is 0 Å². The molecule has 0 saturated carbocycles. The molecule has 1 aliphatic heterocycles. The predicted octanol–water partition coefficient (Wildman–Crippen LogP) is -0.613. The van der Waals surface area contributed by atoms with Crippen LogP contribution in [0.25, 0.3) is 0 Å². The first-order chi connectivity index (χ1) is 12.3. The lowest BCUT2D eigenvalue weighted by molar-refractivity contribution is -0.392. The van der Waals surface area contributed by atoms with Gasteiger partial charge in [-0.15, -0.1) is 0 Å². The molecule has 1 unspecified atom stereocenters. The second kappa shape index (κ2) is 11.1. The van der Waals surface area contributed by atoms with E-state index >= 15 is 0 Å². The molecule has 0 radical (unpaired) electrons. The van der Waals surface area contributed by atoms with Crippen molar-refractivity contribution in [1.82, 2.24) is 14.5 Å². The summed E-state index contributed by atoms with van der Waals surface area (Å²) in [6.45, 7) is 4.65. The molecule has 0 amide bonds. The van der Waals surface area contributed by atoms with E-state index in [0.717, 1.165) is 32.8 Å². The van der Waals surface area contributed by atoms with E-state index in [1.165, 1.54) is 12.5 Å². The van der Waals surface area contributed by atoms with Crippen LogP contribution in [0.5, 0.6) is 0 Å². The molecule has 1 aromatic rings. The van der Waals surface area contributed by atoms with Crippen molar-refractivity contribution in [2.24, 2.45) is 5.73 Å². The molecule has 1 aliphatic rings. The van der Waals surface area contributed by atoms with Gasteiger partial charge >= 0.3 is 17.8 Å². The fourth-order valence-electron chi connectivity index (χ4n) is 2.11. The maximum Gasteiger partial charge on any atom is 0.342 e. The molecule has 26 heavy (non-hydrogen) atoms. The van der Waals surface area contributed by atoms with Gasteiger partial charge in [-0.25, -0.2) is 9.55 Å². The van der Waals surface area contributed by atoms with Crippen molar-refractivity contribution in [2.45, 2.75) is 25.4 Å². The Hall–Kier alpha value is -2.57. The fourth-order valence-corrected chi connectivity index (χ4v) is 2.11. The second-order valence-electron chi connectivity index (χ2n) is 5.53. The number of ether oxygens (including phenoxy) is 1. The summed E-state index contributed by atoms with van der Waals surface area (Å²) in [5.74, 6) is -2.15. The van der Waals surface area contributed by atoms with Crippen molar-refractivity contribution in [1.29, 1.82) is 0 Å². The number of morpholine rings is 1. The van der Waals surface area contributed by atoms with Gasteiger partial charge in [-0.1, -0.05) is 0 Å². The highest BCUT2D eigenvalue weighted by Gasteiger charge is 2.15. The highest BCUT2D eigenvalue weighted by molar-refractivity contribution is 5.74. The largest absolute Gasteiger partial charge is 0.481 e. The van der Waals surface area contributed by atoms with Crippen molar-refractivity contribution in [3.63, 3.8) is 0 Å². The van der Waals surface area contributed by atoms with E-state index in [4.69, 9.17) is 20.7 Å². The summed E-state index contributed by atoms with van der Waals surface area (Å²) >= 11 is 0. The summed E-state index contributed by atoms with van der Waals surface area (Å²) in [4.78, 5) is 36.1. The molecular weight excluding hydrogens is 350 g/mol. The molecule has 1 fully saturated rings. The highest BCUT2D eigenvalue weighted by atomic mass is 16.6. The van der Waals surface area contributed by atoms with Crippen LogP contribution in [-0.4, -0.2) is 80.4 Å². The molecule has 1 saturated heterocycles. The van der Waals surface area contributed by atoms with E-state index in [2.05, 4.69) is 9.88 Å². The lowest BCUT2D eigenvalue weighted by Crippen LogP contribution is -2.38. The SMILES string of the molecule is NC(CCC(=O)O)C(=O)O.O=[N+]([O-])c1cncn1CCN1CCOCC1. The number of carbonyl (C=O) groups is 2. The monoisotopic (exact) mass is 373 g/mol. The number of carboxylic acid groups (broad SMARTS) is 2. The van der Waals surface area contributed by atoms with E-state index in [0.29, 0.717) is 6.54 Å². The highest BCUT2D eigenvalue weighted by Crippen LogP contribution is 2.09. The molecule has 2 rings (SSSR count). The van der Waals surface area contributed by atoms with Crippen molar-refractivity contribution in [2.75, 3.05) is 32.8 Å². The smallest absolute Gasteiger partial charge is 0.342 e. The minimum absolute atomic E-state index is 0.0231. The molecule has 0 spiro atoms. The summed E-state index contributed by atoms with van der Waals surface area (Å²) in [5.41, 5.74) is 5.00. The van der Waals surface area contributed by atoms with Gasteiger partial charge < -0.3 is 30.8 Å². The Morgan fingerprint density at radius 2 is 2.00 bits per heavy atom. The molecule has 0 aromatic carbocycles. The van der Waals surface area contributed by atoms with Crippen LogP contribution < -0.4 is 5.73 Å².